The van der Waals surface area contributed by atoms with Crippen molar-refractivity contribution in [2.45, 2.75) is 12.5 Å². The van der Waals surface area contributed by atoms with Gasteiger partial charge in [-0.05, 0) is 11.6 Å². The Hall–Kier alpha value is -2.92. The molecule has 2 aliphatic rings. The van der Waals surface area contributed by atoms with Gasteiger partial charge < -0.3 is 9.64 Å². The van der Waals surface area contributed by atoms with Crippen LogP contribution in [0.15, 0.2) is 60.7 Å². The molecule has 0 bridgehead atoms. The van der Waals surface area contributed by atoms with Crippen molar-refractivity contribution in [2.75, 3.05) is 32.7 Å². The maximum atomic E-state index is 12.7. The van der Waals surface area contributed by atoms with Crippen molar-refractivity contribution < 1.29 is 14.3 Å². The lowest BCUT2D eigenvalue weighted by Crippen LogP contribution is -2.48. The number of ether oxygens (including phenoxy) is 1. The summed E-state index contributed by atoms with van der Waals surface area (Å²) >= 11 is 0. The summed E-state index contributed by atoms with van der Waals surface area (Å²) in [6, 6.07) is 17.6. The number of fused-ring (bicyclic) bond motifs is 1. The highest BCUT2D eigenvalue weighted by atomic mass is 16.5. The van der Waals surface area contributed by atoms with Crippen molar-refractivity contribution >= 4 is 18.0 Å². The number of carbonyl (C=O) groups excluding carboxylic acids is 2. The van der Waals surface area contributed by atoms with Crippen LogP contribution >= 0.6 is 0 Å². The Balaban J connectivity index is 1.26. The van der Waals surface area contributed by atoms with Crippen molar-refractivity contribution in [3.8, 4) is 0 Å². The first-order valence-electron chi connectivity index (χ1n) is 9.72. The third-order valence-corrected chi connectivity index (χ3v) is 5.34. The normalized spacial score (nSPS) is 19.6. The Morgan fingerprint density at radius 3 is 2.50 bits per heavy atom. The second-order valence-corrected chi connectivity index (χ2v) is 7.18. The molecule has 5 heteroatoms. The van der Waals surface area contributed by atoms with Gasteiger partial charge in [-0.1, -0.05) is 60.7 Å². The SMILES string of the molecule is O=C1O[C@@H](CC(=O)N2CCN(C/C=C/c3ccccc3)CC2)c2ccccc21. The molecule has 0 saturated carbocycles. The number of cyclic esters (lactones) is 1. The zero-order valence-electron chi connectivity index (χ0n) is 15.8. The van der Waals surface area contributed by atoms with Gasteiger partial charge in [0.25, 0.3) is 0 Å². The molecular weight excluding hydrogens is 352 g/mol. The average Bonchev–Trinajstić information content (AvgIpc) is 3.05. The lowest BCUT2D eigenvalue weighted by atomic mass is 10.0. The highest BCUT2D eigenvalue weighted by Gasteiger charge is 2.33. The molecule has 0 radical (unpaired) electrons. The van der Waals surface area contributed by atoms with Crippen LogP contribution in [0.3, 0.4) is 0 Å². The highest BCUT2D eigenvalue weighted by Crippen LogP contribution is 2.33. The van der Waals surface area contributed by atoms with E-state index in [0.29, 0.717) is 18.7 Å². The Kier molecular flexibility index (Phi) is 5.53. The number of esters is 1. The second kappa shape index (κ2) is 8.40. The minimum atomic E-state index is -0.456. The van der Waals surface area contributed by atoms with Crippen molar-refractivity contribution in [1.29, 1.82) is 0 Å². The number of rotatable bonds is 5. The summed E-state index contributed by atoms with van der Waals surface area (Å²) in [6.45, 7) is 4.00. The Bertz CT molecular complexity index is 870. The molecule has 1 saturated heterocycles. The van der Waals surface area contributed by atoms with Gasteiger partial charge in [-0.15, -0.1) is 0 Å². The molecule has 0 aliphatic carbocycles. The summed E-state index contributed by atoms with van der Waals surface area (Å²) < 4.78 is 5.40. The molecule has 0 N–H and O–H groups in total. The first-order chi connectivity index (χ1) is 13.7. The molecule has 0 aromatic heterocycles. The molecule has 2 heterocycles. The molecule has 2 aliphatic heterocycles. The quantitative estimate of drug-likeness (QED) is 0.753. The van der Waals surface area contributed by atoms with Gasteiger partial charge in [0, 0.05) is 38.3 Å². The van der Waals surface area contributed by atoms with Gasteiger partial charge in [-0.2, -0.15) is 0 Å². The monoisotopic (exact) mass is 376 g/mol. The minimum Gasteiger partial charge on any atom is -0.453 e. The fourth-order valence-corrected chi connectivity index (χ4v) is 3.74. The van der Waals surface area contributed by atoms with E-state index in [9.17, 15) is 9.59 Å². The molecule has 1 amide bonds. The predicted octanol–water partition coefficient (Wildman–Crippen LogP) is 3.15. The van der Waals surface area contributed by atoms with Gasteiger partial charge in [0.2, 0.25) is 5.91 Å². The summed E-state index contributed by atoms with van der Waals surface area (Å²) in [6.07, 6.45) is 4.06. The molecule has 0 unspecified atom stereocenters. The van der Waals surface area contributed by atoms with Crippen molar-refractivity contribution in [3.63, 3.8) is 0 Å². The van der Waals surface area contributed by atoms with E-state index in [2.05, 4.69) is 29.2 Å². The van der Waals surface area contributed by atoms with Crippen molar-refractivity contribution in [1.82, 2.24) is 9.80 Å². The van der Waals surface area contributed by atoms with Gasteiger partial charge in [0.05, 0.1) is 12.0 Å². The summed E-state index contributed by atoms with van der Waals surface area (Å²) in [7, 11) is 0. The number of nitrogens with zero attached hydrogens (tertiary/aromatic N) is 2. The molecule has 0 spiro atoms. The van der Waals surface area contributed by atoms with E-state index in [4.69, 9.17) is 4.74 Å². The largest absolute Gasteiger partial charge is 0.453 e. The number of hydrogen-bond acceptors (Lipinski definition) is 4. The van der Waals surface area contributed by atoms with E-state index in [1.165, 1.54) is 5.56 Å². The van der Waals surface area contributed by atoms with Crippen LogP contribution in [0.2, 0.25) is 0 Å². The van der Waals surface area contributed by atoms with Crippen LogP contribution in [0.25, 0.3) is 6.08 Å². The average molecular weight is 376 g/mol. The van der Waals surface area contributed by atoms with Crippen molar-refractivity contribution in [3.05, 3.63) is 77.4 Å². The molecule has 5 nitrogen and oxygen atoms in total. The molecule has 2 aromatic rings. The molecular formula is C23H24N2O3. The van der Waals surface area contributed by atoms with Crippen LogP contribution in [-0.4, -0.2) is 54.4 Å². The molecule has 1 fully saturated rings. The minimum absolute atomic E-state index is 0.0500. The molecule has 144 valence electrons. The predicted molar refractivity (Wildman–Crippen MR) is 108 cm³/mol. The van der Waals surface area contributed by atoms with E-state index in [-0.39, 0.29) is 18.3 Å². The first-order valence-corrected chi connectivity index (χ1v) is 9.72. The molecule has 1 atom stereocenters. The fourth-order valence-electron chi connectivity index (χ4n) is 3.74. The second-order valence-electron chi connectivity index (χ2n) is 7.18. The van der Waals surface area contributed by atoms with Crippen LogP contribution < -0.4 is 0 Å². The van der Waals surface area contributed by atoms with E-state index in [1.807, 2.05) is 41.3 Å². The smallest absolute Gasteiger partial charge is 0.339 e. The van der Waals surface area contributed by atoms with E-state index in [0.717, 1.165) is 25.2 Å². The highest BCUT2D eigenvalue weighted by molar-refractivity contribution is 5.94. The van der Waals surface area contributed by atoms with Crippen LogP contribution in [-0.2, 0) is 9.53 Å². The van der Waals surface area contributed by atoms with Gasteiger partial charge in [0.1, 0.15) is 6.10 Å². The number of amides is 1. The topological polar surface area (TPSA) is 49.9 Å². The zero-order valence-corrected chi connectivity index (χ0v) is 15.8. The Labute approximate surface area is 165 Å². The molecule has 28 heavy (non-hydrogen) atoms. The summed E-state index contributed by atoms with van der Waals surface area (Å²) in [4.78, 5) is 28.8. The van der Waals surface area contributed by atoms with Gasteiger partial charge >= 0.3 is 5.97 Å². The maximum Gasteiger partial charge on any atom is 0.339 e. The van der Waals surface area contributed by atoms with Crippen LogP contribution in [0.5, 0.6) is 0 Å². The Morgan fingerprint density at radius 2 is 1.71 bits per heavy atom. The fraction of sp³-hybridized carbons (Fsp3) is 0.304. The molecule has 2 aromatic carbocycles. The lowest BCUT2D eigenvalue weighted by Gasteiger charge is -2.34. The number of carbonyl (C=O) groups is 2. The number of piperazine rings is 1. The summed E-state index contributed by atoms with van der Waals surface area (Å²) in [5.41, 5.74) is 2.60. The summed E-state index contributed by atoms with van der Waals surface area (Å²) in [5, 5.41) is 0. The van der Waals surface area contributed by atoms with Gasteiger partial charge in [0.15, 0.2) is 0 Å². The molecule has 4 rings (SSSR count). The zero-order chi connectivity index (χ0) is 19.3. The van der Waals surface area contributed by atoms with Crippen molar-refractivity contribution in [2.24, 2.45) is 0 Å². The summed E-state index contributed by atoms with van der Waals surface area (Å²) in [5.74, 6) is -0.280. The number of hydrogen-bond donors (Lipinski definition) is 0. The Morgan fingerprint density at radius 1 is 1.00 bits per heavy atom. The lowest BCUT2D eigenvalue weighted by molar-refractivity contribution is -0.134. The number of benzene rings is 2. The van der Waals surface area contributed by atoms with E-state index < -0.39 is 6.10 Å². The van der Waals surface area contributed by atoms with Crippen LogP contribution in [0, 0.1) is 0 Å². The third kappa shape index (κ3) is 4.15. The van der Waals surface area contributed by atoms with Crippen LogP contribution in [0.4, 0.5) is 0 Å². The standard InChI is InChI=1S/C23H24N2O3/c26-22(17-21-19-10-4-5-11-20(19)23(27)28-21)25-15-13-24(14-16-25)12-6-9-18-7-2-1-3-8-18/h1-11,21H,12-17H2/b9-6+/t21-/m0/s1. The van der Waals surface area contributed by atoms with E-state index >= 15 is 0 Å². The van der Waals surface area contributed by atoms with Gasteiger partial charge in [-0.3, -0.25) is 9.69 Å². The third-order valence-electron chi connectivity index (χ3n) is 5.34. The van der Waals surface area contributed by atoms with Gasteiger partial charge in [-0.25, -0.2) is 4.79 Å². The maximum absolute atomic E-state index is 12.7. The first kappa shape index (κ1) is 18.4. The van der Waals surface area contributed by atoms with E-state index in [1.54, 1.807) is 6.07 Å². The van der Waals surface area contributed by atoms with Crippen LogP contribution in [0.1, 0.15) is 34.0 Å².